The highest BCUT2D eigenvalue weighted by Gasteiger charge is 1.96. The van der Waals surface area contributed by atoms with Gasteiger partial charge in [0.15, 0.2) is 0 Å². The summed E-state index contributed by atoms with van der Waals surface area (Å²) in [5.41, 5.74) is 0. The molecule has 0 aromatic rings. The summed E-state index contributed by atoms with van der Waals surface area (Å²) >= 11 is 0. The van der Waals surface area contributed by atoms with Gasteiger partial charge in [0.2, 0.25) is 0 Å². The van der Waals surface area contributed by atoms with Crippen LogP contribution in [-0.2, 0) is 4.65 Å². The number of nitrogens with zero attached hydrogens (tertiary/aromatic N) is 1. The molecule has 0 fully saturated rings. The van der Waals surface area contributed by atoms with Gasteiger partial charge in [0.05, 0.1) is 6.73 Å². The fourth-order valence-electron chi connectivity index (χ4n) is 0.545. The molecule has 0 aliphatic heterocycles. The predicted molar refractivity (Wildman–Crippen MR) is 36.8 cm³/mol. The SMILES string of the molecule is CCN(CC)CO[B]O. The summed E-state index contributed by atoms with van der Waals surface area (Å²) in [5.74, 6) is 0. The van der Waals surface area contributed by atoms with Crippen molar-refractivity contribution in [3.05, 3.63) is 0 Å². The van der Waals surface area contributed by atoms with Crippen molar-refractivity contribution in [2.45, 2.75) is 13.8 Å². The Labute approximate surface area is 56.9 Å². The minimum atomic E-state index is 0.476. The van der Waals surface area contributed by atoms with Gasteiger partial charge in [0, 0.05) is 0 Å². The normalized spacial score (nSPS) is 10.2. The van der Waals surface area contributed by atoms with Crippen molar-refractivity contribution in [3.63, 3.8) is 0 Å². The van der Waals surface area contributed by atoms with E-state index in [2.05, 4.69) is 4.65 Å². The summed E-state index contributed by atoms with van der Waals surface area (Å²) in [6, 6.07) is 0. The van der Waals surface area contributed by atoms with E-state index in [1.807, 2.05) is 18.7 Å². The van der Waals surface area contributed by atoms with Crippen molar-refractivity contribution >= 4 is 7.69 Å². The van der Waals surface area contributed by atoms with Crippen molar-refractivity contribution < 1.29 is 9.68 Å². The second kappa shape index (κ2) is 6.07. The van der Waals surface area contributed by atoms with Crippen LogP contribution in [0.15, 0.2) is 0 Å². The molecular formula is C5H13BNO2. The van der Waals surface area contributed by atoms with Crippen molar-refractivity contribution in [2.24, 2.45) is 0 Å². The lowest BCUT2D eigenvalue weighted by molar-refractivity contribution is 0.127. The number of hydrogen-bond acceptors (Lipinski definition) is 3. The Bertz CT molecular complexity index is 58.9. The molecule has 53 valence electrons. The van der Waals surface area contributed by atoms with Crippen LogP contribution in [0.25, 0.3) is 0 Å². The van der Waals surface area contributed by atoms with E-state index in [9.17, 15) is 0 Å². The van der Waals surface area contributed by atoms with Crippen molar-refractivity contribution in [1.29, 1.82) is 0 Å². The van der Waals surface area contributed by atoms with Crippen molar-refractivity contribution in [2.75, 3.05) is 19.8 Å². The highest BCUT2D eigenvalue weighted by molar-refractivity contribution is 6.15. The van der Waals surface area contributed by atoms with Gasteiger partial charge in [-0.2, -0.15) is 0 Å². The lowest BCUT2D eigenvalue weighted by Gasteiger charge is -2.16. The molecule has 0 aromatic heterocycles. The molecule has 0 atom stereocenters. The van der Waals surface area contributed by atoms with Gasteiger partial charge in [-0.3, -0.25) is 4.90 Å². The van der Waals surface area contributed by atoms with Crippen LogP contribution in [0, 0.1) is 0 Å². The van der Waals surface area contributed by atoms with E-state index in [-0.39, 0.29) is 0 Å². The Morgan fingerprint density at radius 3 is 2.33 bits per heavy atom. The van der Waals surface area contributed by atoms with Gasteiger partial charge >= 0.3 is 7.69 Å². The van der Waals surface area contributed by atoms with Crippen LogP contribution in [0.5, 0.6) is 0 Å². The van der Waals surface area contributed by atoms with E-state index in [0.29, 0.717) is 6.73 Å². The third kappa shape index (κ3) is 4.45. The lowest BCUT2D eigenvalue weighted by Crippen LogP contribution is -2.26. The minimum Gasteiger partial charge on any atom is -0.429 e. The Balaban J connectivity index is 3.09. The zero-order valence-corrected chi connectivity index (χ0v) is 6.00. The molecule has 0 heterocycles. The first-order chi connectivity index (χ1) is 4.35. The van der Waals surface area contributed by atoms with Crippen LogP contribution < -0.4 is 0 Å². The molecule has 3 nitrogen and oxygen atoms in total. The minimum absolute atomic E-state index is 0.476. The van der Waals surface area contributed by atoms with Crippen LogP contribution in [0.4, 0.5) is 0 Å². The third-order valence-electron chi connectivity index (χ3n) is 1.23. The third-order valence-corrected chi connectivity index (χ3v) is 1.23. The molecule has 0 aromatic carbocycles. The Morgan fingerprint density at radius 2 is 2.00 bits per heavy atom. The summed E-state index contributed by atoms with van der Waals surface area (Å²) in [6.07, 6.45) is 0. The second-order valence-corrected chi connectivity index (χ2v) is 1.70. The molecule has 0 unspecified atom stereocenters. The van der Waals surface area contributed by atoms with Crippen LogP contribution in [0.1, 0.15) is 13.8 Å². The van der Waals surface area contributed by atoms with Gasteiger partial charge < -0.3 is 9.68 Å². The van der Waals surface area contributed by atoms with Gasteiger partial charge in [-0.05, 0) is 13.1 Å². The monoisotopic (exact) mass is 130 g/mol. The first kappa shape index (κ1) is 8.94. The fraction of sp³-hybridized carbons (Fsp3) is 1.00. The van der Waals surface area contributed by atoms with Crippen LogP contribution in [0.2, 0.25) is 0 Å². The summed E-state index contributed by atoms with van der Waals surface area (Å²) in [6.45, 7) is 6.46. The summed E-state index contributed by atoms with van der Waals surface area (Å²) in [7, 11) is 0.721. The zero-order valence-electron chi connectivity index (χ0n) is 6.00. The van der Waals surface area contributed by atoms with Gasteiger partial charge in [-0.25, -0.2) is 0 Å². The fourth-order valence-corrected chi connectivity index (χ4v) is 0.545. The average molecular weight is 130 g/mol. The molecule has 9 heavy (non-hydrogen) atoms. The first-order valence-corrected chi connectivity index (χ1v) is 3.15. The zero-order chi connectivity index (χ0) is 7.11. The van der Waals surface area contributed by atoms with E-state index in [4.69, 9.17) is 5.02 Å². The highest BCUT2D eigenvalue weighted by Crippen LogP contribution is 1.84. The topological polar surface area (TPSA) is 32.7 Å². The van der Waals surface area contributed by atoms with Crippen LogP contribution >= 0.6 is 0 Å². The maximum absolute atomic E-state index is 8.13. The molecule has 0 amide bonds. The largest absolute Gasteiger partial charge is 0.486 e. The van der Waals surface area contributed by atoms with Gasteiger partial charge in [0.25, 0.3) is 0 Å². The molecule has 1 radical (unpaired) electrons. The quantitative estimate of drug-likeness (QED) is 0.414. The molecule has 0 saturated heterocycles. The standard InChI is InChI=1S/C5H13BNO2/c1-3-7(4-2)5-9-6-8/h8H,3-5H2,1-2H3. The van der Waals surface area contributed by atoms with Gasteiger partial charge in [-0.15, -0.1) is 0 Å². The highest BCUT2D eigenvalue weighted by atomic mass is 16.5. The van der Waals surface area contributed by atoms with Gasteiger partial charge in [0.1, 0.15) is 0 Å². The van der Waals surface area contributed by atoms with Crippen LogP contribution in [-0.4, -0.2) is 37.4 Å². The smallest absolute Gasteiger partial charge is 0.429 e. The molecule has 0 spiro atoms. The van der Waals surface area contributed by atoms with E-state index in [1.165, 1.54) is 0 Å². The lowest BCUT2D eigenvalue weighted by atomic mass is 10.4. The van der Waals surface area contributed by atoms with E-state index < -0.39 is 0 Å². The first-order valence-electron chi connectivity index (χ1n) is 3.15. The van der Waals surface area contributed by atoms with Crippen molar-refractivity contribution in [3.8, 4) is 0 Å². The molecule has 1 N–H and O–H groups in total. The molecule has 0 rings (SSSR count). The Kier molecular flexibility index (Phi) is 6.03. The Morgan fingerprint density at radius 1 is 1.44 bits per heavy atom. The van der Waals surface area contributed by atoms with E-state index in [1.54, 1.807) is 0 Å². The molecule has 0 saturated carbocycles. The predicted octanol–water partition coefficient (Wildman–Crippen LogP) is -0.171. The summed E-state index contributed by atoms with van der Waals surface area (Å²) < 4.78 is 4.63. The molecule has 0 aliphatic carbocycles. The van der Waals surface area contributed by atoms with Crippen LogP contribution in [0.3, 0.4) is 0 Å². The maximum atomic E-state index is 8.13. The molecule has 0 bridgehead atoms. The summed E-state index contributed by atoms with van der Waals surface area (Å²) in [5, 5.41) is 8.13. The van der Waals surface area contributed by atoms with Gasteiger partial charge in [-0.1, -0.05) is 13.8 Å². The molecule has 0 aliphatic rings. The summed E-state index contributed by atoms with van der Waals surface area (Å²) in [4.78, 5) is 2.05. The van der Waals surface area contributed by atoms with Crippen molar-refractivity contribution in [1.82, 2.24) is 4.90 Å². The number of hydrogen-bond donors (Lipinski definition) is 1. The molecule has 4 heteroatoms. The van der Waals surface area contributed by atoms with E-state index >= 15 is 0 Å². The second-order valence-electron chi connectivity index (χ2n) is 1.70. The molecular weight excluding hydrogens is 117 g/mol. The Hall–Kier alpha value is -0.0551. The maximum Gasteiger partial charge on any atom is 0.486 e. The number of rotatable bonds is 5. The average Bonchev–Trinajstić information content (AvgIpc) is 1.91. The van der Waals surface area contributed by atoms with E-state index in [0.717, 1.165) is 20.8 Å².